The molecule has 0 atom stereocenters. The molecule has 0 saturated heterocycles. The summed E-state index contributed by atoms with van der Waals surface area (Å²) in [5.74, 6) is 0. The number of hydrogen-bond acceptors (Lipinski definition) is 3. The van der Waals surface area contributed by atoms with Crippen LogP contribution < -0.4 is 11.2 Å². The van der Waals surface area contributed by atoms with Gasteiger partial charge in [-0.3, -0.25) is 13.9 Å². The molecule has 122 valence electrons. The second-order valence-corrected chi connectivity index (χ2v) is 5.93. The van der Waals surface area contributed by atoms with Crippen LogP contribution in [0.5, 0.6) is 0 Å². The first kappa shape index (κ1) is 15.7. The average Bonchev–Trinajstić information content (AvgIpc) is 3.39. The Labute approximate surface area is 135 Å². The van der Waals surface area contributed by atoms with Gasteiger partial charge in [0.1, 0.15) is 0 Å². The fourth-order valence-electron chi connectivity index (χ4n) is 2.63. The standard InChI is InChI=1S/C18H22N2O3/c21-17-9-12-19(16-7-8-16)18(22)20(17)11-4-13-23-14-10-15-5-2-1-3-6-15/h1-3,5-6,9,12,16H,4,7-8,10-11,13-14H2. The van der Waals surface area contributed by atoms with Gasteiger partial charge in [0.05, 0.1) is 6.61 Å². The van der Waals surface area contributed by atoms with Crippen LogP contribution in [0.1, 0.15) is 30.9 Å². The first-order valence-electron chi connectivity index (χ1n) is 8.19. The van der Waals surface area contributed by atoms with E-state index in [4.69, 9.17) is 4.74 Å². The van der Waals surface area contributed by atoms with E-state index in [2.05, 4.69) is 12.1 Å². The second-order valence-electron chi connectivity index (χ2n) is 5.93. The van der Waals surface area contributed by atoms with Crippen molar-refractivity contribution in [2.75, 3.05) is 13.2 Å². The first-order valence-corrected chi connectivity index (χ1v) is 8.19. The third-order valence-electron chi connectivity index (χ3n) is 4.08. The molecule has 23 heavy (non-hydrogen) atoms. The Bertz CT molecular complexity index is 745. The summed E-state index contributed by atoms with van der Waals surface area (Å²) >= 11 is 0. The summed E-state index contributed by atoms with van der Waals surface area (Å²) in [5, 5.41) is 0. The summed E-state index contributed by atoms with van der Waals surface area (Å²) in [5.41, 5.74) is 0.833. The van der Waals surface area contributed by atoms with E-state index in [-0.39, 0.29) is 17.3 Å². The van der Waals surface area contributed by atoms with Crippen LogP contribution in [0.4, 0.5) is 0 Å². The van der Waals surface area contributed by atoms with Crippen LogP contribution in [0.2, 0.25) is 0 Å². The molecule has 1 aliphatic rings. The third-order valence-corrected chi connectivity index (χ3v) is 4.08. The molecule has 1 saturated carbocycles. The highest BCUT2D eigenvalue weighted by atomic mass is 16.5. The van der Waals surface area contributed by atoms with Crippen LogP contribution >= 0.6 is 0 Å². The summed E-state index contributed by atoms with van der Waals surface area (Å²) in [6.45, 7) is 1.62. The van der Waals surface area contributed by atoms with Gasteiger partial charge in [-0.2, -0.15) is 0 Å². The molecule has 0 aliphatic heterocycles. The molecule has 1 heterocycles. The molecule has 0 unspecified atom stereocenters. The molecule has 1 aliphatic carbocycles. The van der Waals surface area contributed by atoms with Gasteiger partial charge in [-0.1, -0.05) is 30.3 Å². The van der Waals surface area contributed by atoms with Crippen molar-refractivity contribution in [1.82, 2.24) is 9.13 Å². The van der Waals surface area contributed by atoms with Crippen molar-refractivity contribution >= 4 is 0 Å². The minimum Gasteiger partial charge on any atom is -0.381 e. The molecular formula is C18H22N2O3. The second kappa shape index (κ2) is 7.42. The quantitative estimate of drug-likeness (QED) is 0.700. The van der Waals surface area contributed by atoms with Gasteiger partial charge in [-0.05, 0) is 31.2 Å². The summed E-state index contributed by atoms with van der Waals surface area (Å²) in [6, 6.07) is 12.0. The number of benzene rings is 1. The SMILES string of the molecule is O=c1ccn(C2CC2)c(=O)n1CCCOCCc1ccccc1. The van der Waals surface area contributed by atoms with E-state index in [1.54, 1.807) is 10.8 Å². The zero-order chi connectivity index (χ0) is 16.1. The maximum absolute atomic E-state index is 12.3. The maximum atomic E-state index is 12.3. The highest BCUT2D eigenvalue weighted by molar-refractivity contribution is 5.14. The average molecular weight is 314 g/mol. The molecule has 0 spiro atoms. The Hall–Kier alpha value is -2.14. The minimum atomic E-state index is -0.226. The van der Waals surface area contributed by atoms with Gasteiger partial charge in [0.25, 0.3) is 5.56 Å². The molecule has 0 bridgehead atoms. The minimum absolute atomic E-state index is 0.190. The molecule has 1 aromatic heterocycles. The monoisotopic (exact) mass is 314 g/mol. The Morgan fingerprint density at radius 3 is 2.57 bits per heavy atom. The van der Waals surface area contributed by atoms with E-state index in [0.29, 0.717) is 26.2 Å². The lowest BCUT2D eigenvalue weighted by molar-refractivity contribution is 0.131. The molecular weight excluding hydrogens is 292 g/mol. The number of aromatic nitrogens is 2. The molecule has 1 aromatic carbocycles. The fraction of sp³-hybridized carbons (Fsp3) is 0.444. The molecule has 5 nitrogen and oxygen atoms in total. The lowest BCUT2D eigenvalue weighted by Crippen LogP contribution is -2.38. The van der Waals surface area contributed by atoms with Crippen molar-refractivity contribution in [3.8, 4) is 0 Å². The summed E-state index contributed by atoms with van der Waals surface area (Å²) < 4.78 is 8.60. The maximum Gasteiger partial charge on any atom is 0.331 e. The molecule has 3 rings (SSSR count). The van der Waals surface area contributed by atoms with Crippen molar-refractivity contribution in [2.45, 2.75) is 38.3 Å². The van der Waals surface area contributed by atoms with Crippen molar-refractivity contribution in [3.05, 3.63) is 69.0 Å². The molecule has 1 fully saturated rings. The van der Waals surface area contributed by atoms with Gasteiger partial charge in [0.2, 0.25) is 0 Å². The van der Waals surface area contributed by atoms with Gasteiger partial charge >= 0.3 is 5.69 Å². The highest BCUT2D eigenvalue weighted by Crippen LogP contribution is 2.32. The summed E-state index contributed by atoms with van der Waals surface area (Å²) in [7, 11) is 0. The van der Waals surface area contributed by atoms with Crippen molar-refractivity contribution in [2.24, 2.45) is 0 Å². The molecule has 0 amide bonds. The molecule has 5 heteroatoms. The Kier molecular flexibility index (Phi) is 5.08. The van der Waals surface area contributed by atoms with E-state index in [0.717, 1.165) is 19.3 Å². The van der Waals surface area contributed by atoms with E-state index in [9.17, 15) is 9.59 Å². The van der Waals surface area contributed by atoms with Crippen LogP contribution in [-0.4, -0.2) is 22.3 Å². The van der Waals surface area contributed by atoms with Crippen LogP contribution in [0, 0.1) is 0 Å². The number of ether oxygens (including phenoxy) is 1. The third kappa shape index (κ3) is 4.20. The summed E-state index contributed by atoms with van der Waals surface area (Å²) in [4.78, 5) is 24.1. The summed E-state index contributed by atoms with van der Waals surface area (Å²) in [6.07, 6.45) is 5.22. The van der Waals surface area contributed by atoms with Gasteiger partial charge in [-0.25, -0.2) is 4.79 Å². The van der Waals surface area contributed by atoms with Crippen LogP contribution in [-0.2, 0) is 17.7 Å². The van der Waals surface area contributed by atoms with Crippen molar-refractivity contribution < 1.29 is 4.74 Å². The normalized spacial score (nSPS) is 14.1. The molecule has 0 radical (unpaired) electrons. The lowest BCUT2D eigenvalue weighted by Gasteiger charge is -2.09. The predicted molar refractivity (Wildman–Crippen MR) is 88.8 cm³/mol. The zero-order valence-corrected chi connectivity index (χ0v) is 13.2. The molecule has 2 aromatic rings. The number of rotatable bonds is 8. The van der Waals surface area contributed by atoms with E-state index < -0.39 is 0 Å². The first-order chi connectivity index (χ1) is 11.3. The van der Waals surface area contributed by atoms with Crippen LogP contribution in [0.15, 0.2) is 52.2 Å². The smallest absolute Gasteiger partial charge is 0.331 e. The number of hydrogen-bond donors (Lipinski definition) is 0. The largest absolute Gasteiger partial charge is 0.381 e. The van der Waals surface area contributed by atoms with Gasteiger partial charge < -0.3 is 4.74 Å². The van der Waals surface area contributed by atoms with Gasteiger partial charge in [0.15, 0.2) is 0 Å². The topological polar surface area (TPSA) is 53.2 Å². The predicted octanol–water partition coefficient (Wildman–Crippen LogP) is 1.99. The van der Waals surface area contributed by atoms with E-state index in [1.165, 1.54) is 16.2 Å². The number of nitrogens with zero attached hydrogens (tertiary/aromatic N) is 2. The van der Waals surface area contributed by atoms with Crippen LogP contribution in [0.25, 0.3) is 0 Å². The Morgan fingerprint density at radius 2 is 1.83 bits per heavy atom. The fourth-order valence-corrected chi connectivity index (χ4v) is 2.63. The lowest BCUT2D eigenvalue weighted by atomic mass is 10.2. The van der Waals surface area contributed by atoms with Crippen molar-refractivity contribution in [3.63, 3.8) is 0 Å². The van der Waals surface area contributed by atoms with Crippen molar-refractivity contribution in [1.29, 1.82) is 0 Å². The van der Waals surface area contributed by atoms with E-state index in [1.807, 2.05) is 18.2 Å². The zero-order valence-electron chi connectivity index (χ0n) is 13.2. The highest BCUT2D eigenvalue weighted by Gasteiger charge is 2.25. The van der Waals surface area contributed by atoms with Gasteiger partial charge in [-0.15, -0.1) is 0 Å². The van der Waals surface area contributed by atoms with Gasteiger partial charge in [0, 0.05) is 31.5 Å². The van der Waals surface area contributed by atoms with E-state index >= 15 is 0 Å². The Balaban J connectivity index is 1.45. The van der Waals surface area contributed by atoms with Crippen LogP contribution in [0.3, 0.4) is 0 Å². The Morgan fingerprint density at radius 1 is 1.04 bits per heavy atom. The molecule has 0 N–H and O–H groups in total.